The second-order valence-electron chi connectivity index (χ2n) is 5.68. The molecule has 1 aliphatic heterocycles. The van der Waals surface area contributed by atoms with Gasteiger partial charge in [-0.3, -0.25) is 9.59 Å². The van der Waals surface area contributed by atoms with Crippen molar-refractivity contribution >= 4 is 23.5 Å². The molecule has 1 heterocycles. The normalized spacial score (nSPS) is 15.6. The number of carbonyl (C=O) groups is 2. The lowest BCUT2D eigenvalue weighted by atomic mass is 9.93. The number of hydrogen-bond donors (Lipinski definition) is 1. The fraction of sp³-hybridized carbons (Fsp3) is 0.158. The highest BCUT2D eigenvalue weighted by Crippen LogP contribution is 2.31. The number of fused-ring (bicyclic) bond motifs is 1. The summed E-state index contributed by atoms with van der Waals surface area (Å²) in [4.78, 5) is 25.6. The van der Waals surface area contributed by atoms with Crippen molar-refractivity contribution in [3.63, 3.8) is 0 Å². The van der Waals surface area contributed by atoms with Gasteiger partial charge < -0.3 is 10.0 Å². The second-order valence-corrected chi connectivity index (χ2v) is 5.68. The van der Waals surface area contributed by atoms with Crippen molar-refractivity contribution in [2.45, 2.75) is 6.92 Å². The molecule has 2 aromatic carbocycles. The molecule has 0 amide bonds. The van der Waals surface area contributed by atoms with E-state index in [1.54, 1.807) is 4.90 Å². The van der Waals surface area contributed by atoms with E-state index in [1.807, 2.05) is 61.5 Å². The molecule has 1 N–H and O–H groups in total. The van der Waals surface area contributed by atoms with Gasteiger partial charge in [0.05, 0.1) is 0 Å². The number of aryl methyl sites for hydroxylation is 1. The van der Waals surface area contributed by atoms with Gasteiger partial charge in [-0.2, -0.15) is 0 Å². The first kappa shape index (κ1) is 15.0. The number of rotatable bonds is 3. The molecule has 0 aliphatic carbocycles. The summed E-state index contributed by atoms with van der Waals surface area (Å²) in [7, 11) is 0. The minimum Gasteiger partial charge on any atom is -0.480 e. The number of carboxylic acid groups (broad SMARTS) is 1. The fourth-order valence-electron chi connectivity index (χ4n) is 2.81. The molecule has 0 spiro atoms. The van der Waals surface area contributed by atoms with Crippen LogP contribution in [0.15, 0.2) is 54.1 Å². The third-order valence-electron chi connectivity index (χ3n) is 3.86. The summed E-state index contributed by atoms with van der Waals surface area (Å²) in [6.45, 7) is 2.09. The minimum atomic E-state index is -0.912. The van der Waals surface area contributed by atoms with E-state index in [-0.39, 0.29) is 12.3 Å². The average molecular weight is 307 g/mol. The lowest BCUT2D eigenvalue weighted by Crippen LogP contribution is -2.37. The number of nitrogens with zero attached hydrogens (tertiary/aromatic N) is 1. The smallest absolute Gasteiger partial charge is 0.323 e. The van der Waals surface area contributed by atoms with E-state index >= 15 is 0 Å². The first-order chi connectivity index (χ1) is 11.0. The van der Waals surface area contributed by atoms with Gasteiger partial charge in [-0.1, -0.05) is 42.0 Å². The van der Waals surface area contributed by atoms with Crippen LogP contribution >= 0.6 is 0 Å². The van der Waals surface area contributed by atoms with Crippen LogP contribution in [0, 0.1) is 6.92 Å². The number of Topliss-reactive ketones (excluding diaryl/α,β-unsaturated/α-hetero) is 1. The van der Waals surface area contributed by atoms with Crippen LogP contribution in [0.1, 0.15) is 21.5 Å². The van der Waals surface area contributed by atoms with Crippen LogP contribution in [0.25, 0.3) is 6.08 Å². The van der Waals surface area contributed by atoms with Crippen LogP contribution in [-0.2, 0) is 4.79 Å². The highest BCUT2D eigenvalue weighted by atomic mass is 16.4. The van der Waals surface area contributed by atoms with Crippen LogP contribution < -0.4 is 4.90 Å². The topological polar surface area (TPSA) is 57.6 Å². The number of carboxylic acids is 1. The van der Waals surface area contributed by atoms with Crippen LogP contribution in [0.5, 0.6) is 0 Å². The van der Waals surface area contributed by atoms with Gasteiger partial charge in [0.25, 0.3) is 0 Å². The molecule has 0 fully saturated rings. The van der Waals surface area contributed by atoms with Gasteiger partial charge in [0.1, 0.15) is 6.54 Å². The van der Waals surface area contributed by atoms with Gasteiger partial charge >= 0.3 is 5.97 Å². The van der Waals surface area contributed by atoms with E-state index in [0.717, 1.165) is 11.1 Å². The first-order valence-corrected chi connectivity index (χ1v) is 7.42. The molecular weight excluding hydrogens is 290 g/mol. The molecule has 0 bridgehead atoms. The summed E-state index contributed by atoms with van der Waals surface area (Å²) in [5, 5.41) is 9.14. The van der Waals surface area contributed by atoms with Crippen LogP contribution in [0.3, 0.4) is 0 Å². The number of aliphatic carboxylic acids is 1. The van der Waals surface area contributed by atoms with Crippen molar-refractivity contribution in [3.8, 4) is 0 Å². The number of anilines is 1. The van der Waals surface area contributed by atoms with Crippen LogP contribution in [0.4, 0.5) is 5.69 Å². The Bertz CT molecular complexity index is 794. The maximum absolute atomic E-state index is 12.8. The van der Waals surface area contributed by atoms with Crippen molar-refractivity contribution in [2.24, 2.45) is 0 Å². The third-order valence-corrected chi connectivity index (χ3v) is 3.86. The zero-order valence-corrected chi connectivity index (χ0v) is 12.8. The summed E-state index contributed by atoms with van der Waals surface area (Å²) < 4.78 is 0. The van der Waals surface area contributed by atoms with E-state index in [2.05, 4.69) is 0 Å². The monoisotopic (exact) mass is 307 g/mol. The lowest BCUT2D eigenvalue weighted by molar-refractivity contribution is -0.135. The highest BCUT2D eigenvalue weighted by molar-refractivity contribution is 6.17. The molecule has 0 unspecified atom stereocenters. The number of ketones is 1. The molecule has 0 aromatic heterocycles. The standard InChI is InChI=1S/C19H17NO3/c1-13-7-8-17-16(9-13)19(23)15(11-20(17)12-18(21)22)10-14-5-3-2-4-6-14/h2-10H,11-12H2,1H3,(H,21,22)/b15-10+. The van der Waals surface area contributed by atoms with E-state index in [0.29, 0.717) is 23.4 Å². The van der Waals surface area contributed by atoms with Gasteiger partial charge in [0.15, 0.2) is 5.78 Å². The largest absolute Gasteiger partial charge is 0.480 e. The SMILES string of the molecule is Cc1ccc2c(c1)C(=O)/C(=C/c1ccccc1)CN2CC(=O)O. The number of hydrogen-bond acceptors (Lipinski definition) is 3. The summed E-state index contributed by atoms with van der Waals surface area (Å²) in [6.07, 6.45) is 1.84. The predicted octanol–water partition coefficient (Wildman–Crippen LogP) is 3.17. The summed E-state index contributed by atoms with van der Waals surface area (Å²) in [5.41, 5.74) is 3.78. The van der Waals surface area contributed by atoms with Crippen molar-refractivity contribution in [2.75, 3.05) is 18.0 Å². The maximum atomic E-state index is 12.8. The van der Waals surface area contributed by atoms with Gasteiger partial charge in [-0.15, -0.1) is 0 Å². The predicted molar refractivity (Wildman–Crippen MR) is 89.8 cm³/mol. The van der Waals surface area contributed by atoms with Crippen molar-refractivity contribution < 1.29 is 14.7 Å². The fourth-order valence-corrected chi connectivity index (χ4v) is 2.81. The minimum absolute atomic E-state index is 0.0332. The Kier molecular flexibility index (Phi) is 3.98. The van der Waals surface area contributed by atoms with E-state index < -0.39 is 5.97 Å². The zero-order chi connectivity index (χ0) is 16.4. The first-order valence-electron chi connectivity index (χ1n) is 7.42. The molecule has 4 heteroatoms. The van der Waals surface area contributed by atoms with E-state index in [4.69, 9.17) is 5.11 Å². The van der Waals surface area contributed by atoms with Crippen LogP contribution in [-0.4, -0.2) is 29.9 Å². The van der Waals surface area contributed by atoms with E-state index in [9.17, 15) is 9.59 Å². The molecule has 3 rings (SSSR count). The Labute approximate surface area is 134 Å². The quantitative estimate of drug-likeness (QED) is 0.885. The van der Waals surface area contributed by atoms with E-state index in [1.165, 1.54) is 0 Å². The Morgan fingerprint density at radius 2 is 1.96 bits per heavy atom. The molecule has 23 heavy (non-hydrogen) atoms. The van der Waals surface area contributed by atoms with Crippen molar-refractivity contribution in [1.29, 1.82) is 0 Å². The molecule has 4 nitrogen and oxygen atoms in total. The molecule has 1 aliphatic rings. The molecule has 0 saturated carbocycles. The second kappa shape index (κ2) is 6.08. The maximum Gasteiger partial charge on any atom is 0.323 e. The molecule has 2 aromatic rings. The molecule has 0 atom stereocenters. The Morgan fingerprint density at radius 1 is 1.22 bits per heavy atom. The van der Waals surface area contributed by atoms with Gasteiger partial charge in [-0.05, 0) is 30.7 Å². The Balaban J connectivity index is 2.06. The summed E-state index contributed by atoms with van der Waals surface area (Å²) in [6, 6.07) is 15.1. The van der Waals surface area contributed by atoms with Crippen molar-refractivity contribution in [3.05, 3.63) is 70.8 Å². The number of carbonyl (C=O) groups excluding carboxylic acids is 1. The molecule has 0 radical (unpaired) electrons. The summed E-state index contributed by atoms with van der Waals surface area (Å²) in [5.74, 6) is -0.945. The summed E-state index contributed by atoms with van der Waals surface area (Å²) >= 11 is 0. The molecular formula is C19H17NO3. The number of benzene rings is 2. The van der Waals surface area contributed by atoms with Gasteiger partial charge in [-0.25, -0.2) is 0 Å². The zero-order valence-electron chi connectivity index (χ0n) is 12.8. The molecule has 116 valence electrons. The Hall–Kier alpha value is -2.88. The Morgan fingerprint density at radius 3 is 2.65 bits per heavy atom. The average Bonchev–Trinajstić information content (AvgIpc) is 2.52. The third kappa shape index (κ3) is 3.16. The van der Waals surface area contributed by atoms with Crippen molar-refractivity contribution in [1.82, 2.24) is 0 Å². The highest BCUT2D eigenvalue weighted by Gasteiger charge is 2.28. The molecule has 0 saturated heterocycles. The van der Waals surface area contributed by atoms with Crippen LogP contribution in [0.2, 0.25) is 0 Å². The lowest BCUT2D eigenvalue weighted by Gasteiger charge is -2.31. The van der Waals surface area contributed by atoms with Gasteiger partial charge in [0, 0.05) is 23.4 Å². The van der Waals surface area contributed by atoms with Gasteiger partial charge in [0.2, 0.25) is 0 Å².